The van der Waals surface area contributed by atoms with Crippen LogP contribution in [0.25, 0.3) is 11.3 Å². The average Bonchev–Trinajstić information content (AvgIpc) is 3.14. The molecule has 1 heterocycles. The minimum atomic E-state index is -0.463. The molecule has 2 aromatic carbocycles. The summed E-state index contributed by atoms with van der Waals surface area (Å²) in [4.78, 5) is 29.4. The van der Waals surface area contributed by atoms with Gasteiger partial charge >= 0.3 is 5.97 Å². The fourth-order valence-corrected chi connectivity index (χ4v) is 4.18. The van der Waals surface area contributed by atoms with Crippen LogP contribution in [0.4, 0.5) is 9.52 Å². The lowest BCUT2D eigenvalue weighted by atomic mass is 10.1. The first kappa shape index (κ1) is 21.0. The number of ether oxygens (including phenoxy) is 1. The SMILES string of the molecule is CCOC(=O)c1sc(NC(=O)CSCc2ccc(F)cc2)nc1-c1ccccc1. The van der Waals surface area contributed by atoms with Crippen LogP contribution in [0, 0.1) is 5.82 Å². The number of esters is 1. The van der Waals surface area contributed by atoms with Crippen molar-refractivity contribution < 1.29 is 18.7 Å². The maximum absolute atomic E-state index is 12.9. The van der Waals surface area contributed by atoms with Crippen LogP contribution in [0.3, 0.4) is 0 Å². The fraction of sp³-hybridized carbons (Fsp3) is 0.190. The number of carbonyl (C=O) groups is 2. The van der Waals surface area contributed by atoms with E-state index >= 15 is 0 Å². The third-order valence-corrected chi connectivity index (χ3v) is 5.75. The molecule has 3 rings (SSSR count). The largest absolute Gasteiger partial charge is 0.462 e. The lowest BCUT2D eigenvalue weighted by Crippen LogP contribution is -2.14. The Morgan fingerprint density at radius 3 is 2.55 bits per heavy atom. The Morgan fingerprint density at radius 2 is 1.86 bits per heavy atom. The molecule has 0 atom stereocenters. The number of hydrogen-bond donors (Lipinski definition) is 1. The van der Waals surface area contributed by atoms with Gasteiger partial charge in [-0.15, -0.1) is 11.8 Å². The van der Waals surface area contributed by atoms with E-state index in [4.69, 9.17) is 4.74 Å². The minimum Gasteiger partial charge on any atom is -0.462 e. The molecule has 1 aromatic heterocycles. The number of hydrogen-bond acceptors (Lipinski definition) is 6. The van der Waals surface area contributed by atoms with Gasteiger partial charge in [0.25, 0.3) is 0 Å². The highest BCUT2D eigenvalue weighted by atomic mass is 32.2. The van der Waals surface area contributed by atoms with Gasteiger partial charge in [0.2, 0.25) is 5.91 Å². The van der Waals surface area contributed by atoms with E-state index in [-0.39, 0.29) is 24.1 Å². The van der Waals surface area contributed by atoms with Gasteiger partial charge in [0.05, 0.1) is 18.1 Å². The van der Waals surface area contributed by atoms with Crippen LogP contribution in [-0.2, 0) is 15.3 Å². The first-order chi connectivity index (χ1) is 14.1. The molecule has 29 heavy (non-hydrogen) atoms. The molecular formula is C21H19FN2O3S2. The maximum Gasteiger partial charge on any atom is 0.350 e. The van der Waals surface area contributed by atoms with E-state index < -0.39 is 5.97 Å². The fourth-order valence-electron chi connectivity index (χ4n) is 2.50. The summed E-state index contributed by atoms with van der Waals surface area (Å²) in [7, 11) is 0. The van der Waals surface area contributed by atoms with Crippen LogP contribution < -0.4 is 5.32 Å². The number of aromatic nitrogens is 1. The summed E-state index contributed by atoms with van der Waals surface area (Å²) in [5.41, 5.74) is 2.20. The van der Waals surface area contributed by atoms with Gasteiger partial charge in [-0.2, -0.15) is 0 Å². The number of benzene rings is 2. The van der Waals surface area contributed by atoms with Crippen molar-refractivity contribution in [1.29, 1.82) is 0 Å². The van der Waals surface area contributed by atoms with Crippen molar-refractivity contribution in [2.45, 2.75) is 12.7 Å². The summed E-state index contributed by atoms with van der Waals surface area (Å²) in [5, 5.41) is 3.09. The highest BCUT2D eigenvalue weighted by Gasteiger charge is 2.21. The molecule has 0 bridgehead atoms. The van der Waals surface area contributed by atoms with E-state index in [0.717, 1.165) is 22.5 Å². The van der Waals surface area contributed by atoms with Gasteiger partial charge in [0, 0.05) is 11.3 Å². The van der Waals surface area contributed by atoms with Gasteiger partial charge < -0.3 is 10.1 Å². The smallest absolute Gasteiger partial charge is 0.350 e. The molecule has 0 fully saturated rings. The third-order valence-electron chi connectivity index (χ3n) is 3.80. The van der Waals surface area contributed by atoms with Gasteiger partial charge in [-0.1, -0.05) is 53.8 Å². The first-order valence-electron chi connectivity index (χ1n) is 8.92. The molecule has 0 aliphatic rings. The molecule has 8 heteroatoms. The second-order valence-electron chi connectivity index (χ2n) is 5.95. The van der Waals surface area contributed by atoms with Crippen molar-refractivity contribution in [3.05, 3.63) is 70.9 Å². The van der Waals surface area contributed by atoms with Gasteiger partial charge in [0.15, 0.2) is 5.13 Å². The highest BCUT2D eigenvalue weighted by Crippen LogP contribution is 2.32. The second kappa shape index (κ2) is 10.2. The first-order valence-corrected chi connectivity index (χ1v) is 10.9. The Bertz CT molecular complexity index is 975. The quantitative estimate of drug-likeness (QED) is 0.510. The molecule has 0 aliphatic carbocycles. The molecule has 3 aromatic rings. The van der Waals surface area contributed by atoms with E-state index in [1.807, 2.05) is 30.3 Å². The molecular weight excluding hydrogens is 411 g/mol. The van der Waals surface area contributed by atoms with Crippen molar-refractivity contribution in [2.75, 3.05) is 17.7 Å². The van der Waals surface area contributed by atoms with Crippen LogP contribution in [0.5, 0.6) is 0 Å². The Labute approximate surface area is 176 Å². The summed E-state index contributed by atoms with van der Waals surface area (Å²) in [6.45, 7) is 1.99. The van der Waals surface area contributed by atoms with Crippen molar-refractivity contribution in [1.82, 2.24) is 4.98 Å². The number of anilines is 1. The Kier molecular flexibility index (Phi) is 7.37. The minimum absolute atomic E-state index is 0.215. The van der Waals surface area contributed by atoms with E-state index in [1.54, 1.807) is 19.1 Å². The molecule has 0 spiro atoms. The maximum atomic E-state index is 12.9. The van der Waals surface area contributed by atoms with E-state index in [0.29, 0.717) is 21.5 Å². The number of nitrogens with zero attached hydrogens (tertiary/aromatic N) is 1. The molecule has 1 amide bonds. The number of thiazole rings is 1. The van der Waals surface area contributed by atoms with Crippen LogP contribution in [0.1, 0.15) is 22.2 Å². The standard InChI is InChI=1S/C21H19FN2O3S2/c1-2-27-20(26)19-18(15-6-4-3-5-7-15)24-21(29-19)23-17(25)13-28-12-14-8-10-16(22)11-9-14/h3-11H,2,12-13H2,1H3,(H,23,24,25). The summed E-state index contributed by atoms with van der Waals surface area (Å²) < 4.78 is 18.1. The Balaban J connectivity index is 1.66. The highest BCUT2D eigenvalue weighted by molar-refractivity contribution is 7.99. The zero-order chi connectivity index (χ0) is 20.6. The number of carbonyl (C=O) groups excluding carboxylic acids is 2. The molecule has 0 unspecified atom stereocenters. The predicted molar refractivity (Wildman–Crippen MR) is 115 cm³/mol. The van der Waals surface area contributed by atoms with E-state index in [9.17, 15) is 14.0 Å². The van der Waals surface area contributed by atoms with Crippen LogP contribution >= 0.6 is 23.1 Å². The summed E-state index contributed by atoms with van der Waals surface area (Å²) in [5.74, 6) is -0.163. The van der Waals surface area contributed by atoms with E-state index in [1.165, 1.54) is 23.9 Å². The topological polar surface area (TPSA) is 68.3 Å². The Hall–Kier alpha value is -2.71. The normalized spacial score (nSPS) is 10.6. The van der Waals surface area contributed by atoms with Gasteiger partial charge in [0.1, 0.15) is 10.7 Å². The van der Waals surface area contributed by atoms with E-state index in [2.05, 4.69) is 10.3 Å². The van der Waals surface area contributed by atoms with Gasteiger partial charge in [-0.05, 0) is 24.6 Å². The predicted octanol–water partition coefficient (Wildman–Crippen LogP) is 5.00. The lowest BCUT2D eigenvalue weighted by molar-refractivity contribution is -0.113. The number of nitrogens with one attached hydrogen (secondary N) is 1. The van der Waals surface area contributed by atoms with Gasteiger partial charge in [-0.25, -0.2) is 14.2 Å². The molecule has 0 saturated carbocycles. The van der Waals surface area contributed by atoms with Crippen molar-refractivity contribution >= 4 is 40.1 Å². The van der Waals surface area contributed by atoms with Crippen LogP contribution in [0.2, 0.25) is 0 Å². The van der Waals surface area contributed by atoms with Gasteiger partial charge in [-0.3, -0.25) is 4.79 Å². The van der Waals surface area contributed by atoms with Crippen molar-refractivity contribution in [3.8, 4) is 11.3 Å². The summed E-state index contributed by atoms with van der Waals surface area (Å²) >= 11 is 2.51. The van der Waals surface area contributed by atoms with Crippen LogP contribution in [0.15, 0.2) is 54.6 Å². The van der Waals surface area contributed by atoms with Crippen molar-refractivity contribution in [2.24, 2.45) is 0 Å². The number of halogens is 1. The third kappa shape index (κ3) is 5.88. The second-order valence-corrected chi connectivity index (χ2v) is 7.94. The molecule has 5 nitrogen and oxygen atoms in total. The number of thioether (sulfide) groups is 1. The number of amides is 1. The zero-order valence-electron chi connectivity index (χ0n) is 15.7. The number of rotatable bonds is 8. The van der Waals surface area contributed by atoms with Crippen LogP contribution in [-0.4, -0.2) is 29.2 Å². The molecule has 0 radical (unpaired) electrons. The monoisotopic (exact) mass is 430 g/mol. The zero-order valence-corrected chi connectivity index (χ0v) is 17.3. The summed E-state index contributed by atoms with van der Waals surface area (Å²) in [6, 6.07) is 15.5. The molecule has 1 N–H and O–H groups in total. The molecule has 150 valence electrons. The lowest BCUT2D eigenvalue weighted by Gasteiger charge is -2.02. The molecule has 0 saturated heterocycles. The summed E-state index contributed by atoms with van der Waals surface area (Å²) in [6.07, 6.45) is 0. The Morgan fingerprint density at radius 1 is 1.14 bits per heavy atom. The van der Waals surface area contributed by atoms with Crippen molar-refractivity contribution in [3.63, 3.8) is 0 Å². The molecule has 0 aliphatic heterocycles. The average molecular weight is 431 g/mol.